The number of nitrogen functional groups attached to an aromatic ring is 1. The summed E-state index contributed by atoms with van der Waals surface area (Å²) in [6, 6.07) is 6.89. The quantitative estimate of drug-likeness (QED) is 0.650. The molecule has 2 aromatic rings. The number of para-hydroxylation sites is 1. The van der Waals surface area contributed by atoms with Crippen molar-refractivity contribution in [2.75, 3.05) is 5.84 Å². The van der Waals surface area contributed by atoms with Crippen LogP contribution in [0.1, 0.15) is 18.9 Å². The van der Waals surface area contributed by atoms with Crippen LogP contribution in [0.15, 0.2) is 29.1 Å². The summed E-state index contributed by atoms with van der Waals surface area (Å²) in [6.45, 7) is 1.51. The van der Waals surface area contributed by atoms with E-state index in [9.17, 15) is 9.90 Å². The summed E-state index contributed by atoms with van der Waals surface area (Å²) in [5.74, 6) is 5.70. The molecule has 1 aromatic heterocycles. The molecule has 78 valence electrons. The highest BCUT2D eigenvalue weighted by molar-refractivity contribution is 5.77. The average molecular weight is 205 g/mol. The first-order chi connectivity index (χ1) is 7.11. The number of rotatable bonds is 1. The predicted molar refractivity (Wildman–Crippen MR) is 56.8 cm³/mol. The smallest absolute Gasteiger partial charge is 0.279 e. The molecule has 0 bridgehead atoms. The molecule has 1 aromatic carbocycles. The number of nitrogens with zero attached hydrogens (tertiary/aromatic N) is 2. The van der Waals surface area contributed by atoms with Gasteiger partial charge in [0.1, 0.15) is 6.10 Å². The molecule has 1 atom stereocenters. The summed E-state index contributed by atoms with van der Waals surface area (Å²) >= 11 is 0. The van der Waals surface area contributed by atoms with Crippen LogP contribution in [0.3, 0.4) is 0 Å². The number of aromatic nitrogens is 2. The minimum atomic E-state index is -0.868. The van der Waals surface area contributed by atoms with Crippen molar-refractivity contribution < 1.29 is 5.11 Å². The summed E-state index contributed by atoms with van der Waals surface area (Å²) in [6.07, 6.45) is -0.868. The second kappa shape index (κ2) is 3.36. The second-order valence-electron chi connectivity index (χ2n) is 3.34. The first-order valence-corrected chi connectivity index (χ1v) is 4.56. The molecule has 2 rings (SSSR count). The van der Waals surface area contributed by atoms with Crippen molar-refractivity contribution in [3.63, 3.8) is 0 Å². The molecule has 3 N–H and O–H groups in total. The van der Waals surface area contributed by atoms with E-state index in [2.05, 4.69) is 4.98 Å². The molecule has 0 unspecified atom stereocenters. The van der Waals surface area contributed by atoms with E-state index in [1.807, 2.05) is 0 Å². The first-order valence-electron chi connectivity index (χ1n) is 4.56. The summed E-state index contributed by atoms with van der Waals surface area (Å²) < 4.78 is 0.882. The molecule has 0 spiro atoms. The molecule has 1 heterocycles. The molecular formula is C10H11N3O2. The lowest BCUT2D eigenvalue weighted by molar-refractivity contribution is 0.185. The molecule has 0 amide bonds. The van der Waals surface area contributed by atoms with Crippen LogP contribution in [-0.4, -0.2) is 14.8 Å². The maximum atomic E-state index is 11.7. The van der Waals surface area contributed by atoms with Crippen LogP contribution in [0.25, 0.3) is 10.9 Å². The summed E-state index contributed by atoms with van der Waals surface area (Å²) in [5, 5.41) is 9.83. The summed E-state index contributed by atoms with van der Waals surface area (Å²) in [7, 11) is 0. The van der Waals surface area contributed by atoms with Gasteiger partial charge < -0.3 is 10.9 Å². The lowest BCUT2D eigenvalue weighted by atomic mass is 10.2. The van der Waals surface area contributed by atoms with Crippen LogP contribution in [0, 0.1) is 0 Å². The van der Waals surface area contributed by atoms with Crippen molar-refractivity contribution in [2.45, 2.75) is 13.0 Å². The van der Waals surface area contributed by atoms with Gasteiger partial charge in [0.2, 0.25) is 0 Å². The molecule has 5 heteroatoms. The summed E-state index contributed by atoms with van der Waals surface area (Å²) in [4.78, 5) is 15.9. The Balaban J connectivity index is 2.89. The van der Waals surface area contributed by atoms with Gasteiger partial charge in [0.25, 0.3) is 5.56 Å². The van der Waals surface area contributed by atoms with Gasteiger partial charge in [-0.05, 0) is 19.1 Å². The van der Waals surface area contributed by atoms with Crippen molar-refractivity contribution in [3.05, 3.63) is 40.4 Å². The SMILES string of the molecule is C[C@H](O)c1nc2ccccc2c(=O)n1N. The fourth-order valence-electron chi connectivity index (χ4n) is 1.46. The highest BCUT2D eigenvalue weighted by Gasteiger charge is 2.11. The largest absolute Gasteiger partial charge is 0.385 e. The third-order valence-electron chi connectivity index (χ3n) is 2.21. The zero-order valence-electron chi connectivity index (χ0n) is 8.21. The fourth-order valence-corrected chi connectivity index (χ4v) is 1.46. The number of nitrogens with two attached hydrogens (primary N) is 1. The van der Waals surface area contributed by atoms with Gasteiger partial charge in [-0.25, -0.2) is 9.66 Å². The van der Waals surface area contributed by atoms with E-state index in [4.69, 9.17) is 5.84 Å². The Morgan fingerprint density at radius 1 is 1.47 bits per heavy atom. The van der Waals surface area contributed by atoms with Gasteiger partial charge >= 0.3 is 0 Å². The van der Waals surface area contributed by atoms with Crippen molar-refractivity contribution >= 4 is 10.9 Å². The van der Waals surface area contributed by atoms with Gasteiger partial charge in [-0.3, -0.25) is 4.79 Å². The van der Waals surface area contributed by atoms with E-state index >= 15 is 0 Å². The lowest BCUT2D eigenvalue weighted by Crippen LogP contribution is -2.32. The fraction of sp³-hybridized carbons (Fsp3) is 0.200. The van der Waals surface area contributed by atoms with Gasteiger partial charge in [-0.15, -0.1) is 0 Å². The molecule has 5 nitrogen and oxygen atoms in total. The second-order valence-corrected chi connectivity index (χ2v) is 3.34. The molecular weight excluding hydrogens is 194 g/mol. The van der Waals surface area contributed by atoms with E-state index < -0.39 is 6.10 Å². The molecule has 0 aliphatic rings. The lowest BCUT2D eigenvalue weighted by Gasteiger charge is -2.10. The normalized spacial score (nSPS) is 12.9. The molecule has 15 heavy (non-hydrogen) atoms. The Labute approximate surface area is 85.8 Å². The van der Waals surface area contributed by atoms with Crippen molar-refractivity contribution in [1.29, 1.82) is 0 Å². The number of aliphatic hydroxyl groups excluding tert-OH is 1. The van der Waals surface area contributed by atoms with E-state index in [1.165, 1.54) is 6.92 Å². The standard InChI is InChI=1S/C10H11N3O2/c1-6(14)9-12-8-5-3-2-4-7(8)10(15)13(9)11/h2-6,14H,11H2,1H3/t6-/m0/s1. The topological polar surface area (TPSA) is 81.1 Å². The third kappa shape index (κ3) is 1.46. The van der Waals surface area contributed by atoms with Gasteiger partial charge in [0.05, 0.1) is 10.9 Å². The van der Waals surface area contributed by atoms with E-state index in [-0.39, 0.29) is 11.4 Å². The van der Waals surface area contributed by atoms with E-state index in [0.29, 0.717) is 10.9 Å². The maximum Gasteiger partial charge on any atom is 0.279 e. The van der Waals surface area contributed by atoms with Crippen LogP contribution < -0.4 is 11.4 Å². The van der Waals surface area contributed by atoms with Crippen LogP contribution in [0.4, 0.5) is 0 Å². The zero-order chi connectivity index (χ0) is 11.0. The monoisotopic (exact) mass is 205 g/mol. The predicted octanol–water partition coefficient (Wildman–Crippen LogP) is 0.164. The Morgan fingerprint density at radius 3 is 2.80 bits per heavy atom. The highest BCUT2D eigenvalue weighted by atomic mass is 16.3. The molecule has 0 saturated carbocycles. The number of hydrogen-bond acceptors (Lipinski definition) is 4. The van der Waals surface area contributed by atoms with Crippen LogP contribution in [0.2, 0.25) is 0 Å². The van der Waals surface area contributed by atoms with Crippen LogP contribution in [-0.2, 0) is 0 Å². The van der Waals surface area contributed by atoms with Gasteiger partial charge in [0.15, 0.2) is 5.82 Å². The highest BCUT2D eigenvalue weighted by Crippen LogP contribution is 2.11. The summed E-state index contributed by atoms with van der Waals surface area (Å²) in [5.41, 5.74) is 0.191. The number of fused-ring (bicyclic) bond motifs is 1. The van der Waals surface area contributed by atoms with E-state index in [1.54, 1.807) is 24.3 Å². The molecule has 0 aliphatic heterocycles. The van der Waals surface area contributed by atoms with Crippen LogP contribution in [0.5, 0.6) is 0 Å². The van der Waals surface area contributed by atoms with Gasteiger partial charge in [-0.2, -0.15) is 0 Å². The van der Waals surface area contributed by atoms with Gasteiger partial charge in [-0.1, -0.05) is 12.1 Å². The van der Waals surface area contributed by atoms with Crippen molar-refractivity contribution in [3.8, 4) is 0 Å². The van der Waals surface area contributed by atoms with E-state index in [0.717, 1.165) is 4.68 Å². The Bertz CT molecular complexity index is 560. The maximum absolute atomic E-state index is 11.7. The van der Waals surface area contributed by atoms with Gasteiger partial charge in [0, 0.05) is 0 Å². The number of hydrogen-bond donors (Lipinski definition) is 2. The molecule has 0 fully saturated rings. The Morgan fingerprint density at radius 2 is 2.13 bits per heavy atom. The van der Waals surface area contributed by atoms with Crippen molar-refractivity contribution in [1.82, 2.24) is 9.66 Å². The van der Waals surface area contributed by atoms with Crippen molar-refractivity contribution in [2.24, 2.45) is 0 Å². The third-order valence-corrected chi connectivity index (χ3v) is 2.21. The molecule has 0 saturated heterocycles. The minimum Gasteiger partial charge on any atom is -0.385 e. The number of aliphatic hydroxyl groups is 1. The number of benzene rings is 1. The Kier molecular flexibility index (Phi) is 2.17. The Hall–Kier alpha value is -1.88. The minimum absolute atomic E-state index is 0.165. The molecule has 0 aliphatic carbocycles. The molecule has 0 radical (unpaired) electrons. The zero-order valence-corrected chi connectivity index (χ0v) is 8.21. The first kappa shape index (κ1) is 9.67. The van der Waals surface area contributed by atoms with Crippen LogP contribution >= 0.6 is 0 Å². The average Bonchev–Trinajstić information content (AvgIpc) is 2.23.